The predicted molar refractivity (Wildman–Crippen MR) is 117 cm³/mol. The first kappa shape index (κ1) is 24.4. The highest BCUT2D eigenvalue weighted by molar-refractivity contribution is 7.89. The number of hydrogen-bond donors (Lipinski definition) is 2. The van der Waals surface area contributed by atoms with Gasteiger partial charge in [0, 0.05) is 13.1 Å². The van der Waals surface area contributed by atoms with Crippen LogP contribution >= 0.6 is 0 Å². The molecule has 0 saturated carbocycles. The largest absolute Gasteiger partial charge is 0.494 e. The quantitative estimate of drug-likeness (QED) is 0.516. The third-order valence-corrected chi connectivity index (χ3v) is 6.40. The minimum atomic E-state index is -3.85. The predicted octanol–water partition coefficient (Wildman–Crippen LogP) is 2.89. The number of benzene rings is 2. The standard InChI is InChI=1S/C22H28N2O6S/c1-3-5-14-24(31(28,29)20-12-10-19(11-13-20)30-4-2)16-21(25)23-15-17-6-8-18(9-7-17)22(26)27/h6-13H,3-5,14-16H2,1-2H3,(H,23,25)(H,26,27). The summed E-state index contributed by atoms with van der Waals surface area (Å²) in [4.78, 5) is 23.5. The van der Waals surface area contributed by atoms with Crippen molar-refractivity contribution in [3.8, 4) is 5.75 Å². The summed E-state index contributed by atoms with van der Waals surface area (Å²) in [5, 5.41) is 11.6. The van der Waals surface area contributed by atoms with Crippen LogP contribution in [0.4, 0.5) is 0 Å². The van der Waals surface area contributed by atoms with E-state index in [1.54, 1.807) is 24.3 Å². The Morgan fingerprint density at radius 2 is 1.68 bits per heavy atom. The highest BCUT2D eigenvalue weighted by atomic mass is 32.2. The fourth-order valence-electron chi connectivity index (χ4n) is 2.82. The van der Waals surface area contributed by atoms with Crippen LogP contribution in [0.3, 0.4) is 0 Å². The van der Waals surface area contributed by atoms with Gasteiger partial charge in [-0.05, 0) is 55.3 Å². The molecule has 0 bridgehead atoms. The van der Waals surface area contributed by atoms with Gasteiger partial charge in [0.05, 0.1) is 23.6 Å². The van der Waals surface area contributed by atoms with Crippen molar-refractivity contribution < 1.29 is 27.9 Å². The fraction of sp³-hybridized carbons (Fsp3) is 0.364. The van der Waals surface area contributed by atoms with Gasteiger partial charge < -0.3 is 15.2 Å². The summed E-state index contributed by atoms with van der Waals surface area (Å²) in [6.07, 6.45) is 1.41. The molecule has 2 aromatic rings. The molecule has 0 aliphatic carbocycles. The van der Waals surface area contributed by atoms with Crippen LogP contribution in [0.5, 0.6) is 5.75 Å². The summed E-state index contributed by atoms with van der Waals surface area (Å²) in [7, 11) is -3.85. The molecule has 0 aromatic heterocycles. The van der Waals surface area contributed by atoms with E-state index in [9.17, 15) is 18.0 Å². The van der Waals surface area contributed by atoms with Crippen molar-refractivity contribution >= 4 is 21.9 Å². The van der Waals surface area contributed by atoms with Gasteiger partial charge in [0.15, 0.2) is 0 Å². The Bertz CT molecular complexity index is 972. The number of amides is 1. The van der Waals surface area contributed by atoms with Crippen LogP contribution in [-0.2, 0) is 21.4 Å². The Hall–Kier alpha value is -2.91. The maximum Gasteiger partial charge on any atom is 0.335 e. The third-order valence-electron chi connectivity index (χ3n) is 4.54. The van der Waals surface area contributed by atoms with E-state index in [1.807, 2.05) is 13.8 Å². The second kappa shape index (κ2) is 11.5. The Balaban J connectivity index is 2.06. The van der Waals surface area contributed by atoms with Crippen LogP contribution in [-0.4, -0.2) is 49.4 Å². The number of carbonyl (C=O) groups is 2. The summed E-state index contributed by atoms with van der Waals surface area (Å²) in [5.41, 5.74) is 0.870. The van der Waals surface area contributed by atoms with Gasteiger partial charge in [-0.2, -0.15) is 4.31 Å². The molecule has 0 spiro atoms. The normalized spacial score (nSPS) is 11.3. The summed E-state index contributed by atoms with van der Waals surface area (Å²) in [5.74, 6) is -0.886. The molecule has 0 fully saturated rings. The molecular formula is C22H28N2O6S. The average Bonchev–Trinajstić information content (AvgIpc) is 2.76. The van der Waals surface area contributed by atoms with Gasteiger partial charge in [-0.15, -0.1) is 0 Å². The van der Waals surface area contributed by atoms with Gasteiger partial charge in [-0.1, -0.05) is 25.5 Å². The smallest absolute Gasteiger partial charge is 0.335 e. The lowest BCUT2D eigenvalue weighted by atomic mass is 10.1. The van der Waals surface area contributed by atoms with Crippen molar-refractivity contribution in [1.82, 2.24) is 9.62 Å². The second-order valence-electron chi connectivity index (χ2n) is 6.88. The molecule has 8 nitrogen and oxygen atoms in total. The number of nitrogens with one attached hydrogen (secondary N) is 1. The molecule has 31 heavy (non-hydrogen) atoms. The summed E-state index contributed by atoms with van der Waals surface area (Å²) in [6.45, 7) is 4.37. The number of ether oxygens (including phenoxy) is 1. The number of carbonyl (C=O) groups excluding carboxylic acids is 1. The van der Waals surface area contributed by atoms with Gasteiger partial charge in [-0.25, -0.2) is 13.2 Å². The van der Waals surface area contributed by atoms with Crippen molar-refractivity contribution in [3.05, 3.63) is 59.7 Å². The van der Waals surface area contributed by atoms with E-state index < -0.39 is 21.9 Å². The topological polar surface area (TPSA) is 113 Å². The van der Waals surface area contributed by atoms with E-state index in [-0.39, 0.29) is 30.1 Å². The van der Waals surface area contributed by atoms with Crippen molar-refractivity contribution in [2.45, 2.75) is 38.1 Å². The second-order valence-corrected chi connectivity index (χ2v) is 8.81. The Labute approximate surface area is 182 Å². The van der Waals surface area contributed by atoms with Gasteiger partial charge in [0.2, 0.25) is 15.9 Å². The number of aromatic carboxylic acids is 1. The monoisotopic (exact) mass is 448 g/mol. The van der Waals surface area contributed by atoms with E-state index in [0.717, 1.165) is 6.42 Å². The summed E-state index contributed by atoms with van der Waals surface area (Å²) < 4.78 is 32.7. The number of carboxylic acid groups (broad SMARTS) is 1. The van der Waals surface area contributed by atoms with Crippen LogP contribution in [0.15, 0.2) is 53.4 Å². The molecular weight excluding hydrogens is 420 g/mol. The number of sulfonamides is 1. The van der Waals surface area contributed by atoms with Crippen molar-refractivity contribution in [2.75, 3.05) is 19.7 Å². The van der Waals surface area contributed by atoms with Gasteiger partial charge in [-0.3, -0.25) is 4.79 Å². The van der Waals surface area contributed by atoms with Gasteiger partial charge >= 0.3 is 5.97 Å². The average molecular weight is 449 g/mol. The molecule has 2 aromatic carbocycles. The van der Waals surface area contributed by atoms with Crippen molar-refractivity contribution in [3.63, 3.8) is 0 Å². The van der Waals surface area contributed by atoms with Crippen LogP contribution in [0.25, 0.3) is 0 Å². The molecule has 0 aliphatic heterocycles. The van der Waals surface area contributed by atoms with Crippen molar-refractivity contribution in [2.24, 2.45) is 0 Å². The summed E-state index contributed by atoms with van der Waals surface area (Å²) >= 11 is 0. The Morgan fingerprint density at radius 1 is 1.03 bits per heavy atom. The van der Waals surface area contributed by atoms with Gasteiger partial charge in [0.1, 0.15) is 5.75 Å². The lowest BCUT2D eigenvalue weighted by Gasteiger charge is -2.22. The lowest BCUT2D eigenvalue weighted by molar-refractivity contribution is -0.121. The molecule has 2 rings (SSSR count). The van der Waals surface area contributed by atoms with Crippen LogP contribution in [0.2, 0.25) is 0 Å². The Kier molecular flexibility index (Phi) is 9.02. The number of rotatable bonds is 12. The first-order valence-electron chi connectivity index (χ1n) is 10.1. The zero-order chi connectivity index (χ0) is 22.9. The maximum absolute atomic E-state index is 13.1. The van der Waals surface area contributed by atoms with Crippen LogP contribution < -0.4 is 10.1 Å². The minimum absolute atomic E-state index is 0.101. The SMILES string of the molecule is CCCCN(CC(=O)NCc1ccc(C(=O)O)cc1)S(=O)(=O)c1ccc(OCC)cc1. The number of hydrogen-bond acceptors (Lipinski definition) is 5. The lowest BCUT2D eigenvalue weighted by Crippen LogP contribution is -2.41. The molecule has 0 atom stereocenters. The molecule has 0 radical (unpaired) electrons. The van der Waals surface area contributed by atoms with E-state index in [2.05, 4.69) is 5.32 Å². The third kappa shape index (κ3) is 7.08. The van der Waals surface area contributed by atoms with Crippen molar-refractivity contribution in [1.29, 1.82) is 0 Å². The molecule has 0 saturated heterocycles. The highest BCUT2D eigenvalue weighted by Crippen LogP contribution is 2.20. The number of carboxylic acids is 1. The maximum atomic E-state index is 13.1. The van der Waals surface area contributed by atoms with Crippen LogP contribution in [0, 0.1) is 0 Å². The molecule has 1 amide bonds. The number of nitrogens with zero attached hydrogens (tertiary/aromatic N) is 1. The summed E-state index contributed by atoms with van der Waals surface area (Å²) in [6, 6.07) is 12.2. The van der Waals surface area contributed by atoms with Gasteiger partial charge in [0.25, 0.3) is 0 Å². The van der Waals surface area contributed by atoms with E-state index >= 15 is 0 Å². The molecule has 168 valence electrons. The molecule has 0 heterocycles. The Morgan fingerprint density at radius 3 is 2.23 bits per heavy atom. The fourth-order valence-corrected chi connectivity index (χ4v) is 4.26. The first-order chi connectivity index (χ1) is 14.8. The highest BCUT2D eigenvalue weighted by Gasteiger charge is 2.26. The zero-order valence-corrected chi connectivity index (χ0v) is 18.5. The zero-order valence-electron chi connectivity index (χ0n) is 17.7. The van der Waals surface area contributed by atoms with Crippen LogP contribution in [0.1, 0.15) is 42.6 Å². The number of unbranched alkanes of at least 4 members (excludes halogenated alkanes) is 1. The molecule has 9 heteroatoms. The first-order valence-corrected chi connectivity index (χ1v) is 11.5. The van der Waals surface area contributed by atoms with E-state index in [0.29, 0.717) is 24.3 Å². The molecule has 2 N–H and O–H groups in total. The van der Waals surface area contributed by atoms with E-state index in [1.165, 1.54) is 28.6 Å². The minimum Gasteiger partial charge on any atom is -0.494 e. The molecule has 0 unspecified atom stereocenters. The van der Waals surface area contributed by atoms with E-state index in [4.69, 9.17) is 9.84 Å². The molecule has 0 aliphatic rings.